The average Bonchev–Trinajstić information content (AvgIpc) is 2.80. The fourth-order valence-corrected chi connectivity index (χ4v) is 3.42. The van der Waals surface area contributed by atoms with Crippen LogP contribution in [0.3, 0.4) is 0 Å². The zero-order valence-electron chi connectivity index (χ0n) is 11.1. The second kappa shape index (κ2) is 5.31. The molecule has 0 atom stereocenters. The maximum absolute atomic E-state index is 5.79. The Morgan fingerprint density at radius 3 is 2.83 bits per heavy atom. The van der Waals surface area contributed by atoms with Gasteiger partial charge in [-0.25, -0.2) is 4.98 Å². The van der Waals surface area contributed by atoms with Crippen LogP contribution < -0.4 is 11.1 Å². The molecule has 2 heterocycles. The highest BCUT2D eigenvalue weighted by Gasteiger charge is 2.25. The molecule has 0 aromatic carbocycles. The van der Waals surface area contributed by atoms with Gasteiger partial charge in [-0.15, -0.1) is 0 Å². The second-order valence-electron chi connectivity index (χ2n) is 5.57. The fourth-order valence-electron chi connectivity index (χ4n) is 3.42. The van der Waals surface area contributed by atoms with Crippen molar-refractivity contribution < 1.29 is 0 Å². The van der Waals surface area contributed by atoms with Gasteiger partial charge in [-0.1, -0.05) is 19.3 Å². The van der Waals surface area contributed by atoms with Crippen LogP contribution >= 0.6 is 0 Å². The maximum Gasteiger partial charge on any atom is 0.203 e. The summed E-state index contributed by atoms with van der Waals surface area (Å²) in [6.07, 6.45) is 8.92. The number of anilines is 1. The van der Waals surface area contributed by atoms with Crippen molar-refractivity contribution in [2.24, 2.45) is 5.73 Å². The Kier molecular flexibility index (Phi) is 3.55. The lowest BCUT2D eigenvalue weighted by Crippen LogP contribution is -2.20. The first-order valence-electron chi connectivity index (χ1n) is 7.43. The molecule has 0 spiro atoms. The Morgan fingerprint density at radius 2 is 2.06 bits per heavy atom. The van der Waals surface area contributed by atoms with Crippen LogP contribution in [-0.2, 0) is 13.0 Å². The molecule has 0 radical (unpaired) electrons. The quantitative estimate of drug-likeness (QED) is 0.862. The summed E-state index contributed by atoms with van der Waals surface area (Å²) in [5, 5.41) is 3.43. The number of fused-ring (bicyclic) bond motifs is 1. The first kappa shape index (κ1) is 12.0. The zero-order chi connectivity index (χ0) is 12.4. The van der Waals surface area contributed by atoms with E-state index in [9.17, 15) is 0 Å². The molecule has 1 aliphatic carbocycles. The molecule has 3 rings (SSSR count). The number of aromatic nitrogens is 2. The molecule has 0 bridgehead atoms. The minimum absolute atomic E-state index is 0.681. The van der Waals surface area contributed by atoms with Gasteiger partial charge in [-0.3, -0.25) is 0 Å². The van der Waals surface area contributed by atoms with Crippen molar-refractivity contribution in [2.75, 3.05) is 18.4 Å². The zero-order valence-corrected chi connectivity index (χ0v) is 11.1. The maximum atomic E-state index is 5.79. The van der Waals surface area contributed by atoms with Crippen molar-refractivity contribution in [1.82, 2.24) is 9.55 Å². The standard InChI is InChI=1S/C14H24N4/c15-8-7-12-13(11-5-2-1-3-6-11)17-14-16-9-4-10-18(12)14/h11H,1-10,15H2,(H,16,17). The molecule has 1 saturated carbocycles. The molecule has 0 amide bonds. The largest absolute Gasteiger partial charge is 0.356 e. The highest BCUT2D eigenvalue weighted by atomic mass is 15.2. The van der Waals surface area contributed by atoms with Crippen molar-refractivity contribution in [3.8, 4) is 0 Å². The molecule has 0 saturated heterocycles. The van der Waals surface area contributed by atoms with E-state index in [1.807, 2.05) is 0 Å². The third-order valence-corrected chi connectivity index (χ3v) is 4.32. The van der Waals surface area contributed by atoms with Gasteiger partial charge < -0.3 is 15.6 Å². The summed E-state index contributed by atoms with van der Waals surface area (Å²) < 4.78 is 2.38. The summed E-state index contributed by atoms with van der Waals surface area (Å²) in [5.41, 5.74) is 8.55. The summed E-state index contributed by atoms with van der Waals surface area (Å²) in [6, 6.07) is 0. The Balaban J connectivity index is 1.93. The molecular formula is C14H24N4. The lowest BCUT2D eigenvalue weighted by Gasteiger charge is -2.22. The fraction of sp³-hybridized carbons (Fsp3) is 0.786. The lowest BCUT2D eigenvalue weighted by molar-refractivity contribution is 0.434. The number of hydrogen-bond acceptors (Lipinski definition) is 3. The molecular weight excluding hydrogens is 224 g/mol. The van der Waals surface area contributed by atoms with Crippen LogP contribution in [-0.4, -0.2) is 22.6 Å². The molecule has 0 unspecified atom stereocenters. The monoisotopic (exact) mass is 248 g/mol. The smallest absolute Gasteiger partial charge is 0.203 e. The van der Waals surface area contributed by atoms with Crippen LogP contribution in [0.4, 0.5) is 5.95 Å². The number of nitrogens with zero attached hydrogens (tertiary/aromatic N) is 2. The van der Waals surface area contributed by atoms with Crippen LogP contribution in [0.5, 0.6) is 0 Å². The van der Waals surface area contributed by atoms with E-state index >= 15 is 0 Å². The minimum Gasteiger partial charge on any atom is -0.356 e. The van der Waals surface area contributed by atoms with E-state index in [1.54, 1.807) is 0 Å². The predicted octanol–water partition coefficient (Wildman–Crippen LogP) is 2.25. The predicted molar refractivity (Wildman–Crippen MR) is 73.9 cm³/mol. The topological polar surface area (TPSA) is 55.9 Å². The van der Waals surface area contributed by atoms with Gasteiger partial charge in [0.25, 0.3) is 0 Å². The molecule has 4 heteroatoms. The molecule has 100 valence electrons. The molecule has 3 N–H and O–H groups in total. The summed E-state index contributed by atoms with van der Waals surface area (Å²) in [7, 11) is 0. The Labute approximate surface area is 109 Å². The molecule has 4 nitrogen and oxygen atoms in total. The SMILES string of the molecule is NCCc1c(C2CCCCC2)nc2n1CCCN2. The van der Waals surface area contributed by atoms with Gasteiger partial charge in [0.15, 0.2) is 0 Å². The Hall–Kier alpha value is -1.03. The Morgan fingerprint density at radius 1 is 1.22 bits per heavy atom. The molecule has 1 aromatic rings. The molecule has 1 fully saturated rings. The summed E-state index contributed by atoms with van der Waals surface area (Å²) in [6.45, 7) is 2.89. The lowest BCUT2D eigenvalue weighted by atomic mass is 9.86. The van der Waals surface area contributed by atoms with E-state index in [0.29, 0.717) is 5.92 Å². The van der Waals surface area contributed by atoms with E-state index in [2.05, 4.69) is 9.88 Å². The first-order valence-corrected chi connectivity index (χ1v) is 7.43. The van der Waals surface area contributed by atoms with Crippen LogP contribution in [0.15, 0.2) is 0 Å². The number of hydrogen-bond donors (Lipinski definition) is 2. The van der Waals surface area contributed by atoms with Crippen LogP contribution in [0, 0.1) is 0 Å². The molecule has 1 aromatic heterocycles. The third-order valence-electron chi connectivity index (χ3n) is 4.32. The first-order chi connectivity index (χ1) is 8.90. The van der Waals surface area contributed by atoms with Crippen molar-refractivity contribution in [3.05, 3.63) is 11.4 Å². The van der Waals surface area contributed by atoms with Gasteiger partial charge in [-0.2, -0.15) is 0 Å². The summed E-state index contributed by atoms with van der Waals surface area (Å²) in [4.78, 5) is 4.89. The molecule has 18 heavy (non-hydrogen) atoms. The van der Waals surface area contributed by atoms with Gasteiger partial charge in [0.2, 0.25) is 5.95 Å². The summed E-state index contributed by atoms with van der Waals surface area (Å²) in [5.74, 6) is 1.77. The van der Waals surface area contributed by atoms with Gasteiger partial charge >= 0.3 is 0 Å². The third kappa shape index (κ3) is 2.14. The highest BCUT2D eigenvalue weighted by molar-refractivity contribution is 5.37. The average molecular weight is 248 g/mol. The van der Waals surface area contributed by atoms with Crippen LogP contribution in [0.2, 0.25) is 0 Å². The molecule has 2 aliphatic rings. The highest BCUT2D eigenvalue weighted by Crippen LogP contribution is 2.35. The van der Waals surface area contributed by atoms with E-state index in [4.69, 9.17) is 10.7 Å². The van der Waals surface area contributed by atoms with Crippen molar-refractivity contribution >= 4 is 5.95 Å². The normalized spacial score (nSPS) is 20.5. The van der Waals surface area contributed by atoms with Crippen LogP contribution in [0.25, 0.3) is 0 Å². The van der Waals surface area contributed by atoms with Crippen molar-refractivity contribution in [2.45, 2.75) is 57.4 Å². The van der Waals surface area contributed by atoms with Crippen molar-refractivity contribution in [3.63, 3.8) is 0 Å². The van der Waals surface area contributed by atoms with Gasteiger partial charge in [0, 0.05) is 31.1 Å². The van der Waals surface area contributed by atoms with E-state index < -0.39 is 0 Å². The Bertz CT molecular complexity index is 404. The molecule has 1 aliphatic heterocycles. The summed E-state index contributed by atoms with van der Waals surface area (Å²) >= 11 is 0. The number of rotatable bonds is 3. The van der Waals surface area contributed by atoms with Gasteiger partial charge in [-0.05, 0) is 25.8 Å². The van der Waals surface area contributed by atoms with E-state index in [1.165, 1.54) is 49.9 Å². The van der Waals surface area contributed by atoms with E-state index in [0.717, 1.165) is 32.0 Å². The number of nitrogens with one attached hydrogen (secondary N) is 1. The number of nitrogens with two attached hydrogens (primary N) is 1. The second-order valence-corrected chi connectivity index (χ2v) is 5.57. The van der Waals surface area contributed by atoms with Gasteiger partial charge in [0.1, 0.15) is 0 Å². The van der Waals surface area contributed by atoms with Crippen molar-refractivity contribution in [1.29, 1.82) is 0 Å². The van der Waals surface area contributed by atoms with Gasteiger partial charge in [0.05, 0.1) is 5.69 Å². The minimum atomic E-state index is 0.681. The van der Waals surface area contributed by atoms with Crippen LogP contribution in [0.1, 0.15) is 55.8 Å². The number of imidazole rings is 1. The van der Waals surface area contributed by atoms with E-state index in [-0.39, 0.29) is 0 Å².